The molecule has 3 aromatic rings. The zero-order valence-corrected chi connectivity index (χ0v) is 12.5. The molecular formula is C12H8AgN3O4S. The molecule has 0 saturated carbocycles. The van der Waals surface area contributed by atoms with Crippen molar-refractivity contribution in [2.24, 2.45) is 0 Å². The van der Waals surface area contributed by atoms with Crippen LogP contribution in [0.15, 0.2) is 41.3 Å². The summed E-state index contributed by atoms with van der Waals surface area (Å²) in [5.41, 5.74) is 2.00. The predicted molar refractivity (Wildman–Crippen MR) is 69.8 cm³/mol. The predicted octanol–water partition coefficient (Wildman–Crippen LogP) is 1.36. The zero-order valence-electron chi connectivity index (χ0n) is 10.2. The van der Waals surface area contributed by atoms with Gasteiger partial charge in [0.1, 0.15) is 0 Å². The van der Waals surface area contributed by atoms with E-state index in [4.69, 9.17) is 4.55 Å². The number of aromatic hydroxyl groups is 1. The van der Waals surface area contributed by atoms with Crippen LogP contribution in [-0.4, -0.2) is 31.5 Å². The number of rotatable bonds is 2. The van der Waals surface area contributed by atoms with Crippen LogP contribution >= 0.6 is 0 Å². The second-order valence-electron chi connectivity index (χ2n) is 4.25. The quantitative estimate of drug-likeness (QED) is 0.499. The molecule has 0 aliphatic carbocycles. The first-order valence-electron chi connectivity index (χ1n) is 5.66. The van der Waals surface area contributed by atoms with Gasteiger partial charge in [-0.05, 0) is 0 Å². The van der Waals surface area contributed by atoms with Crippen molar-refractivity contribution in [1.82, 2.24) is 13.4 Å². The number of hydrogen-bond acceptors (Lipinski definition) is 5. The Bertz CT molecular complexity index is 935. The van der Waals surface area contributed by atoms with E-state index in [-0.39, 0.29) is 10.6 Å². The normalized spacial score (nSPS) is 12.0. The third kappa shape index (κ3) is 2.47. The molecule has 0 aliphatic heterocycles. The molecule has 7 nitrogen and oxygen atoms in total. The molecule has 0 spiro atoms. The third-order valence-electron chi connectivity index (χ3n) is 2.99. The summed E-state index contributed by atoms with van der Waals surface area (Å²) in [4.78, 5) is -0.210. The van der Waals surface area contributed by atoms with Gasteiger partial charge < -0.3 is 0 Å². The molecule has 1 aromatic heterocycles. The van der Waals surface area contributed by atoms with Crippen LogP contribution in [0.4, 0.5) is 0 Å². The van der Waals surface area contributed by atoms with E-state index in [1.807, 2.05) is 0 Å². The molecule has 2 aromatic carbocycles. The Balaban J connectivity index is 2.14. The summed E-state index contributed by atoms with van der Waals surface area (Å²) < 4.78 is 32.3. The zero-order chi connectivity index (χ0) is 15.2. The monoisotopic (exact) mass is 397 g/mol. The summed E-state index contributed by atoms with van der Waals surface area (Å²) in [7, 11) is -4.24. The number of nitrogens with zero attached hydrogens (tertiary/aromatic N) is 3. The number of phenolic OH excluding ortho intramolecular Hbond substituents is 1. The van der Waals surface area contributed by atoms with Crippen LogP contribution in [0.25, 0.3) is 22.2 Å². The fourth-order valence-corrected chi connectivity index (χ4v) is 2.78. The summed E-state index contributed by atoms with van der Waals surface area (Å²) in [6.07, 6.45) is 0. The molecule has 1 heterocycles. The van der Waals surface area contributed by atoms with E-state index >= 15 is 0 Å². The number of aromatic nitrogens is 3. The Hall–Kier alpha value is -1.71. The number of hydrogen-bond donors (Lipinski definition) is 2. The number of benzene rings is 2. The molecule has 0 unspecified atom stereocenters. The summed E-state index contributed by atoms with van der Waals surface area (Å²) in [6, 6.07) is 8.88. The fraction of sp³-hybridized carbons (Fsp3) is 0. The molecular weight excluding hydrogens is 390 g/mol. The number of fused-ring (bicyclic) bond motifs is 1. The van der Waals surface area contributed by atoms with Gasteiger partial charge in [0.05, 0.1) is 0 Å². The average molecular weight is 398 g/mol. The molecule has 0 saturated heterocycles. The summed E-state index contributed by atoms with van der Waals surface area (Å²) in [5, 5.41) is 17.8. The SMILES string of the molecule is O=S(=O)(O)c1ccc(-c2ccc3c(nn[n]3[Ag])c2O)cc1. The second kappa shape index (κ2) is 4.93. The molecule has 0 aliphatic rings. The third-order valence-corrected chi connectivity index (χ3v) is 4.35. The summed E-state index contributed by atoms with van der Waals surface area (Å²) in [5.74, 6) is -0.0580. The molecule has 0 bridgehead atoms. The second-order valence-corrected chi connectivity index (χ2v) is 6.30. The Morgan fingerprint density at radius 1 is 1.10 bits per heavy atom. The van der Waals surface area contributed by atoms with E-state index in [0.717, 1.165) is 0 Å². The first kappa shape index (κ1) is 14.2. The van der Waals surface area contributed by atoms with Gasteiger partial charge >= 0.3 is 132 Å². The van der Waals surface area contributed by atoms with Gasteiger partial charge in [-0.25, -0.2) is 0 Å². The molecule has 2 N–H and O–H groups in total. The van der Waals surface area contributed by atoms with Crippen LogP contribution in [0.1, 0.15) is 0 Å². The topological polar surface area (TPSA) is 105 Å². The average Bonchev–Trinajstić information content (AvgIpc) is 2.81. The Labute approximate surface area is 132 Å². The van der Waals surface area contributed by atoms with E-state index in [9.17, 15) is 13.5 Å². The van der Waals surface area contributed by atoms with Gasteiger partial charge in [-0.1, -0.05) is 0 Å². The van der Waals surface area contributed by atoms with E-state index in [1.165, 1.54) is 27.4 Å². The first-order chi connectivity index (χ1) is 9.88. The van der Waals surface area contributed by atoms with Crippen molar-refractivity contribution in [3.63, 3.8) is 0 Å². The molecule has 21 heavy (non-hydrogen) atoms. The summed E-state index contributed by atoms with van der Waals surface area (Å²) >= 11 is 3.17. The van der Waals surface area contributed by atoms with Crippen LogP contribution in [0.2, 0.25) is 0 Å². The standard InChI is InChI=1S/C12H8N3O4S.Ag/c16-12-9(5-6-10-11(12)14-15-13-10)7-1-3-8(4-2-7)20(17,18)19;/h1-6H,(H2-,13,14,15,16,17,18,19);/q-1;+1. The van der Waals surface area contributed by atoms with Crippen molar-refractivity contribution in [2.75, 3.05) is 0 Å². The Kier molecular flexibility index (Phi) is 3.34. The van der Waals surface area contributed by atoms with Crippen molar-refractivity contribution in [1.29, 1.82) is 0 Å². The maximum atomic E-state index is 11.0. The van der Waals surface area contributed by atoms with Gasteiger partial charge in [0, 0.05) is 0 Å². The van der Waals surface area contributed by atoms with Crippen LogP contribution < -0.4 is 0 Å². The number of phenols is 1. The van der Waals surface area contributed by atoms with E-state index in [1.54, 1.807) is 12.1 Å². The van der Waals surface area contributed by atoms with Gasteiger partial charge in [-0.2, -0.15) is 0 Å². The molecule has 0 amide bonds. The minimum absolute atomic E-state index is 0.0580. The van der Waals surface area contributed by atoms with Crippen molar-refractivity contribution in [3.8, 4) is 16.9 Å². The Morgan fingerprint density at radius 2 is 1.76 bits per heavy atom. The molecule has 3 rings (SSSR count). The van der Waals surface area contributed by atoms with Crippen LogP contribution in [0.3, 0.4) is 0 Å². The summed E-state index contributed by atoms with van der Waals surface area (Å²) in [6.45, 7) is 0. The van der Waals surface area contributed by atoms with Gasteiger partial charge in [-0.3, -0.25) is 0 Å². The Morgan fingerprint density at radius 3 is 2.38 bits per heavy atom. The first-order valence-corrected chi connectivity index (χ1v) is 7.76. The molecule has 9 heteroatoms. The van der Waals surface area contributed by atoms with E-state index < -0.39 is 10.1 Å². The van der Waals surface area contributed by atoms with Gasteiger partial charge in [0.15, 0.2) is 0 Å². The molecule has 0 radical (unpaired) electrons. The van der Waals surface area contributed by atoms with Crippen LogP contribution in [-0.2, 0) is 31.4 Å². The van der Waals surface area contributed by atoms with Crippen molar-refractivity contribution >= 4 is 21.2 Å². The minimum atomic E-state index is -4.24. The molecule has 0 atom stereocenters. The van der Waals surface area contributed by atoms with E-state index in [0.29, 0.717) is 22.2 Å². The van der Waals surface area contributed by atoms with Crippen molar-refractivity contribution in [2.45, 2.75) is 4.90 Å². The fourth-order valence-electron chi connectivity index (χ4n) is 1.97. The van der Waals surface area contributed by atoms with Crippen molar-refractivity contribution < 1.29 is 39.4 Å². The van der Waals surface area contributed by atoms with E-state index in [2.05, 4.69) is 31.6 Å². The van der Waals surface area contributed by atoms with Gasteiger partial charge in [0.2, 0.25) is 0 Å². The molecule has 0 fully saturated rings. The maximum absolute atomic E-state index is 11.0. The van der Waals surface area contributed by atoms with Crippen molar-refractivity contribution in [3.05, 3.63) is 36.4 Å². The van der Waals surface area contributed by atoms with Crippen LogP contribution in [0.5, 0.6) is 5.75 Å². The van der Waals surface area contributed by atoms with Gasteiger partial charge in [0.25, 0.3) is 0 Å². The van der Waals surface area contributed by atoms with Crippen LogP contribution in [0, 0.1) is 0 Å². The van der Waals surface area contributed by atoms with Gasteiger partial charge in [-0.15, -0.1) is 0 Å². The molecule has 112 valence electrons.